The molecule has 104 valence electrons. The van der Waals surface area contributed by atoms with Gasteiger partial charge in [-0.2, -0.15) is 0 Å². The third-order valence-corrected chi connectivity index (χ3v) is 2.73. The molecule has 19 heavy (non-hydrogen) atoms. The molecule has 0 bridgehead atoms. The summed E-state index contributed by atoms with van der Waals surface area (Å²) in [5.41, 5.74) is 1.88. The van der Waals surface area contributed by atoms with Crippen LogP contribution in [0.15, 0.2) is 8.94 Å². The van der Waals surface area contributed by atoms with Gasteiger partial charge in [0.2, 0.25) is 5.89 Å². The SMILES string of the molecule is Cc1noc(C)c1CNc1nnc(CNC(C)C)o1. The highest BCUT2D eigenvalue weighted by Crippen LogP contribution is 2.14. The molecule has 7 heteroatoms. The summed E-state index contributed by atoms with van der Waals surface area (Å²) in [6, 6.07) is 0.783. The molecule has 2 aromatic rings. The Morgan fingerprint density at radius 3 is 2.58 bits per heavy atom. The van der Waals surface area contributed by atoms with Crippen molar-refractivity contribution in [2.75, 3.05) is 5.32 Å². The van der Waals surface area contributed by atoms with Gasteiger partial charge in [0.1, 0.15) is 5.76 Å². The molecule has 0 aliphatic heterocycles. The lowest BCUT2D eigenvalue weighted by Gasteiger charge is -2.03. The molecule has 0 spiro atoms. The third-order valence-electron chi connectivity index (χ3n) is 2.73. The first-order valence-corrected chi connectivity index (χ1v) is 6.27. The minimum atomic E-state index is 0.380. The van der Waals surface area contributed by atoms with E-state index in [2.05, 4.69) is 39.8 Å². The molecule has 0 unspecified atom stereocenters. The largest absolute Gasteiger partial charge is 0.407 e. The summed E-state index contributed by atoms with van der Waals surface area (Å²) in [6.45, 7) is 9.03. The van der Waals surface area contributed by atoms with Crippen LogP contribution in [0.3, 0.4) is 0 Å². The summed E-state index contributed by atoms with van der Waals surface area (Å²) in [7, 11) is 0. The molecule has 2 N–H and O–H groups in total. The maximum Gasteiger partial charge on any atom is 0.315 e. The van der Waals surface area contributed by atoms with E-state index in [4.69, 9.17) is 8.94 Å². The molecule has 0 aliphatic rings. The minimum absolute atomic E-state index is 0.380. The van der Waals surface area contributed by atoms with Crippen molar-refractivity contribution in [1.29, 1.82) is 0 Å². The molecule has 0 aliphatic carbocycles. The van der Waals surface area contributed by atoms with Crippen LogP contribution in [-0.2, 0) is 13.1 Å². The fourth-order valence-corrected chi connectivity index (χ4v) is 1.61. The summed E-state index contributed by atoms with van der Waals surface area (Å²) < 4.78 is 10.6. The topological polar surface area (TPSA) is 89.0 Å². The summed E-state index contributed by atoms with van der Waals surface area (Å²) >= 11 is 0. The molecular weight excluding hydrogens is 246 g/mol. The molecule has 0 amide bonds. The van der Waals surface area contributed by atoms with Crippen molar-refractivity contribution in [1.82, 2.24) is 20.7 Å². The van der Waals surface area contributed by atoms with E-state index in [-0.39, 0.29) is 0 Å². The van der Waals surface area contributed by atoms with Crippen molar-refractivity contribution in [3.05, 3.63) is 22.9 Å². The Kier molecular flexibility index (Phi) is 4.16. The van der Waals surface area contributed by atoms with Gasteiger partial charge in [-0.3, -0.25) is 0 Å². The van der Waals surface area contributed by atoms with E-state index in [1.54, 1.807) is 0 Å². The fourth-order valence-electron chi connectivity index (χ4n) is 1.61. The van der Waals surface area contributed by atoms with Gasteiger partial charge in [-0.15, -0.1) is 5.10 Å². The summed E-state index contributed by atoms with van der Waals surface area (Å²) in [6.07, 6.45) is 0. The molecular formula is C12H19N5O2. The predicted molar refractivity (Wildman–Crippen MR) is 69.6 cm³/mol. The fraction of sp³-hybridized carbons (Fsp3) is 0.583. The van der Waals surface area contributed by atoms with E-state index in [0.29, 0.717) is 31.0 Å². The molecule has 0 aromatic carbocycles. The Labute approximate surface area is 111 Å². The highest BCUT2D eigenvalue weighted by Gasteiger charge is 2.11. The number of rotatable bonds is 6. The van der Waals surface area contributed by atoms with Crippen molar-refractivity contribution in [3.8, 4) is 0 Å². The zero-order chi connectivity index (χ0) is 13.8. The van der Waals surface area contributed by atoms with E-state index < -0.39 is 0 Å². The molecule has 2 rings (SSSR count). The Morgan fingerprint density at radius 2 is 1.95 bits per heavy atom. The second-order valence-corrected chi connectivity index (χ2v) is 4.69. The maximum absolute atomic E-state index is 5.47. The average molecular weight is 265 g/mol. The van der Waals surface area contributed by atoms with Crippen LogP contribution in [0.2, 0.25) is 0 Å². The smallest absolute Gasteiger partial charge is 0.315 e. The van der Waals surface area contributed by atoms with Crippen LogP contribution in [0, 0.1) is 13.8 Å². The Balaban J connectivity index is 1.90. The molecule has 0 fully saturated rings. The number of hydrogen-bond acceptors (Lipinski definition) is 7. The lowest BCUT2D eigenvalue weighted by molar-refractivity contribution is 0.392. The van der Waals surface area contributed by atoms with Gasteiger partial charge >= 0.3 is 6.01 Å². The van der Waals surface area contributed by atoms with Crippen LogP contribution >= 0.6 is 0 Å². The van der Waals surface area contributed by atoms with E-state index in [1.165, 1.54) is 0 Å². The maximum atomic E-state index is 5.47. The first-order chi connectivity index (χ1) is 9.06. The summed E-state index contributed by atoms with van der Waals surface area (Å²) in [5, 5.41) is 18.1. The van der Waals surface area contributed by atoms with E-state index in [0.717, 1.165) is 17.0 Å². The molecule has 0 atom stereocenters. The van der Waals surface area contributed by atoms with Gasteiger partial charge in [-0.05, 0) is 13.8 Å². The van der Waals surface area contributed by atoms with Crippen molar-refractivity contribution in [2.24, 2.45) is 0 Å². The van der Waals surface area contributed by atoms with Crippen LogP contribution < -0.4 is 10.6 Å². The third kappa shape index (κ3) is 3.54. The highest BCUT2D eigenvalue weighted by molar-refractivity contribution is 5.27. The van der Waals surface area contributed by atoms with Crippen molar-refractivity contribution >= 4 is 6.01 Å². The van der Waals surface area contributed by atoms with Gasteiger partial charge in [-0.1, -0.05) is 24.1 Å². The van der Waals surface area contributed by atoms with E-state index >= 15 is 0 Å². The normalized spacial score (nSPS) is 11.2. The molecule has 2 aromatic heterocycles. The Bertz CT molecular complexity index is 512. The van der Waals surface area contributed by atoms with Crippen LogP contribution in [0.1, 0.15) is 36.8 Å². The molecule has 0 saturated carbocycles. The second-order valence-electron chi connectivity index (χ2n) is 4.69. The second kappa shape index (κ2) is 5.83. The minimum Gasteiger partial charge on any atom is -0.407 e. The van der Waals surface area contributed by atoms with Crippen LogP contribution in [-0.4, -0.2) is 21.4 Å². The number of nitrogens with zero attached hydrogens (tertiary/aromatic N) is 3. The number of nitrogens with one attached hydrogen (secondary N) is 2. The summed E-state index contributed by atoms with van der Waals surface area (Å²) in [4.78, 5) is 0. The zero-order valence-electron chi connectivity index (χ0n) is 11.6. The molecule has 0 radical (unpaired) electrons. The van der Waals surface area contributed by atoms with Gasteiger partial charge in [0.15, 0.2) is 0 Å². The number of hydrogen-bond donors (Lipinski definition) is 2. The molecule has 0 saturated heterocycles. The number of aryl methyl sites for hydroxylation is 2. The van der Waals surface area contributed by atoms with E-state index in [9.17, 15) is 0 Å². The van der Waals surface area contributed by atoms with Gasteiger partial charge in [0, 0.05) is 18.2 Å². The van der Waals surface area contributed by atoms with Crippen molar-refractivity contribution < 1.29 is 8.94 Å². The van der Waals surface area contributed by atoms with Crippen LogP contribution in [0.5, 0.6) is 0 Å². The van der Waals surface area contributed by atoms with Crippen LogP contribution in [0.4, 0.5) is 6.01 Å². The Morgan fingerprint density at radius 1 is 1.16 bits per heavy atom. The summed E-state index contributed by atoms with van der Waals surface area (Å²) in [5.74, 6) is 1.36. The van der Waals surface area contributed by atoms with Crippen LogP contribution in [0.25, 0.3) is 0 Å². The van der Waals surface area contributed by atoms with Crippen molar-refractivity contribution in [2.45, 2.75) is 46.8 Å². The first kappa shape index (κ1) is 13.5. The van der Waals surface area contributed by atoms with Crippen molar-refractivity contribution in [3.63, 3.8) is 0 Å². The van der Waals surface area contributed by atoms with E-state index in [1.807, 2.05) is 13.8 Å². The predicted octanol–water partition coefficient (Wildman–Crippen LogP) is 1.78. The molecule has 7 nitrogen and oxygen atoms in total. The number of aromatic nitrogens is 3. The van der Waals surface area contributed by atoms with Gasteiger partial charge in [0.25, 0.3) is 0 Å². The zero-order valence-corrected chi connectivity index (χ0v) is 11.6. The lowest BCUT2D eigenvalue weighted by atomic mass is 10.2. The lowest BCUT2D eigenvalue weighted by Crippen LogP contribution is -2.21. The monoisotopic (exact) mass is 265 g/mol. The Hall–Kier alpha value is -1.89. The average Bonchev–Trinajstić information content (AvgIpc) is 2.93. The quantitative estimate of drug-likeness (QED) is 0.822. The van der Waals surface area contributed by atoms with Gasteiger partial charge in [0.05, 0.1) is 12.2 Å². The highest BCUT2D eigenvalue weighted by atomic mass is 16.5. The standard InChI is InChI=1S/C12H19N5O2/c1-7(2)13-6-11-15-16-12(18-11)14-5-10-8(3)17-19-9(10)4/h7,13H,5-6H2,1-4H3,(H,14,16). The first-order valence-electron chi connectivity index (χ1n) is 6.27. The van der Waals surface area contributed by atoms with Gasteiger partial charge in [-0.25, -0.2) is 0 Å². The molecule has 2 heterocycles. The number of anilines is 1. The van der Waals surface area contributed by atoms with Gasteiger partial charge < -0.3 is 19.6 Å².